The van der Waals surface area contributed by atoms with Gasteiger partial charge in [0.15, 0.2) is 0 Å². The lowest BCUT2D eigenvalue weighted by Gasteiger charge is -2.24. The standard InChI is InChI=1S/C15H19ClN2O/c1-10-5-12(7-13(16)6-10)15(19)18-8-11-3-2-4-17-14(11)9-18/h5-7,11,14,17H,2-4,8-9H2,1H3. The lowest BCUT2D eigenvalue weighted by Crippen LogP contribution is -2.41. The Labute approximate surface area is 118 Å². The number of fused-ring (bicyclic) bond motifs is 1. The third-order valence-corrected chi connectivity index (χ3v) is 4.39. The summed E-state index contributed by atoms with van der Waals surface area (Å²) in [5.41, 5.74) is 1.74. The lowest BCUT2D eigenvalue weighted by molar-refractivity contribution is 0.0785. The highest BCUT2D eigenvalue weighted by Gasteiger charge is 2.36. The van der Waals surface area contributed by atoms with Crippen molar-refractivity contribution in [2.24, 2.45) is 5.92 Å². The van der Waals surface area contributed by atoms with E-state index in [4.69, 9.17) is 11.6 Å². The van der Waals surface area contributed by atoms with Crippen LogP contribution in [0.3, 0.4) is 0 Å². The Morgan fingerprint density at radius 1 is 1.37 bits per heavy atom. The second kappa shape index (κ2) is 5.14. The smallest absolute Gasteiger partial charge is 0.253 e. The molecule has 2 heterocycles. The predicted octanol–water partition coefficient (Wildman–Crippen LogP) is 2.47. The van der Waals surface area contributed by atoms with Crippen LogP contribution in [0, 0.1) is 12.8 Å². The predicted molar refractivity (Wildman–Crippen MR) is 76.6 cm³/mol. The second-order valence-electron chi connectivity index (χ2n) is 5.69. The Bertz CT molecular complexity index is 469. The largest absolute Gasteiger partial charge is 0.337 e. The number of aryl methyl sites for hydroxylation is 1. The van der Waals surface area contributed by atoms with Gasteiger partial charge in [-0.25, -0.2) is 0 Å². The summed E-state index contributed by atoms with van der Waals surface area (Å²) < 4.78 is 0. The summed E-state index contributed by atoms with van der Waals surface area (Å²) in [7, 11) is 0. The molecule has 3 nitrogen and oxygen atoms in total. The number of carbonyl (C=O) groups excluding carboxylic acids is 1. The Balaban J connectivity index is 1.77. The summed E-state index contributed by atoms with van der Waals surface area (Å²) >= 11 is 6.04. The number of halogens is 1. The average molecular weight is 279 g/mol. The van der Waals surface area contributed by atoms with E-state index in [9.17, 15) is 4.79 Å². The molecule has 1 aromatic rings. The average Bonchev–Trinajstić information content (AvgIpc) is 2.80. The summed E-state index contributed by atoms with van der Waals surface area (Å²) in [5, 5.41) is 4.16. The molecular formula is C15H19ClN2O. The Morgan fingerprint density at radius 2 is 2.21 bits per heavy atom. The zero-order valence-electron chi connectivity index (χ0n) is 11.2. The molecule has 3 rings (SSSR count). The maximum absolute atomic E-state index is 12.5. The molecule has 2 atom stereocenters. The molecule has 0 radical (unpaired) electrons. The number of hydrogen-bond acceptors (Lipinski definition) is 2. The maximum Gasteiger partial charge on any atom is 0.253 e. The van der Waals surface area contributed by atoms with Crippen LogP contribution >= 0.6 is 11.6 Å². The van der Waals surface area contributed by atoms with E-state index in [0.29, 0.717) is 22.5 Å². The molecule has 1 N–H and O–H groups in total. The van der Waals surface area contributed by atoms with Gasteiger partial charge in [0.2, 0.25) is 0 Å². The molecule has 2 unspecified atom stereocenters. The van der Waals surface area contributed by atoms with Crippen LogP contribution < -0.4 is 5.32 Å². The number of amides is 1. The fourth-order valence-corrected chi connectivity index (χ4v) is 3.54. The van der Waals surface area contributed by atoms with Gasteiger partial charge in [0.1, 0.15) is 0 Å². The molecular weight excluding hydrogens is 260 g/mol. The van der Waals surface area contributed by atoms with E-state index in [1.807, 2.05) is 24.0 Å². The molecule has 0 bridgehead atoms. The third kappa shape index (κ3) is 2.63. The van der Waals surface area contributed by atoms with Gasteiger partial charge in [0.05, 0.1) is 0 Å². The number of nitrogens with one attached hydrogen (secondary N) is 1. The molecule has 102 valence electrons. The number of carbonyl (C=O) groups is 1. The van der Waals surface area contributed by atoms with Crippen LogP contribution in [0.2, 0.25) is 5.02 Å². The fourth-order valence-electron chi connectivity index (χ4n) is 3.25. The van der Waals surface area contributed by atoms with Crippen molar-refractivity contribution in [3.63, 3.8) is 0 Å². The summed E-state index contributed by atoms with van der Waals surface area (Å²) in [5.74, 6) is 0.736. The van der Waals surface area contributed by atoms with Crippen LogP contribution in [0.5, 0.6) is 0 Å². The molecule has 2 aliphatic rings. The van der Waals surface area contributed by atoms with Crippen molar-refractivity contribution < 1.29 is 4.79 Å². The number of likely N-dealkylation sites (tertiary alicyclic amines) is 1. The number of rotatable bonds is 1. The SMILES string of the molecule is Cc1cc(Cl)cc(C(=O)N2CC3CCCNC3C2)c1. The number of nitrogens with zero attached hydrogens (tertiary/aromatic N) is 1. The summed E-state index contributed by atoms with van der Waals surface area (Å²) in [6.07, 6.45) is 2.45. The Hall–Kier alpha value is -1.06. The number of piperidine rings is 1. The van der Waals surface area contributed by atoms with Crippen molar-refractivity contribution in [2.75, 3.05) is 19.6 Å². The molecule has 4 heteroatoms. The third-order valence-electron chi connectivity index (χ3n) is 4.18. The molecule has 19 heavy (non-hydrogen) atoms. The number of hydrogen-bond donors (Lipinski definition) is 1. The van der Waals surface area contributed by atoms with Crippen LogP contribution in [0.1, 0.15) is 28.8 Å². The van der Waals surface area contributed by atoms with Crippen LogP contribution in [0.15, 0.2) is 18.2 Å². The van der Waals surface area contributed by atoms with E-state index < -0.39 is 0 Å². The molecule has 0 aromatic heterocycles. The molecule has 2 saturated heterocycles. The minimum absolute atomic E-state index is 0.113. The summed E-state index contributed by atoms with van der Waals surface area (Å²) in [4.78, 5) is 14.5. The zero-order valence-corrected chi connectivity index (χ0v) is 11.9. The van der Waals surface area contributed by atoms with Gasteiger partial charge in [0.25, 0.3) is 5.91 Å². The molecule has 2 aliphatic heterocycles. The van der Waals surface area contributed by atoms with Gasteiger partial charge in [-0.15, -0.1) is 0 Å². The van der Waals surface area contributed by atoms with Gasteiger partial charge in [-0.1, -0.05) is 11.6 Å². The highest BCUT2D eigenvalue weighted by molar-refractivity contribution is 6.31. The highest BCUT2D eigenvalue weighted by atomic mass is 35.5. The van der Waals surface area contributed by atoms with Crippen LogP contribution in [0.4, 0.5) is 0 Å². The van der Waals surface area contributed by atoms with Crippen molar-refractivity contribution in [3.05, 3.63) is 34.3 Å². The van der Waals surface area contributed by atoms with Gasteiger partial charge >= 0.3 is 0 Å². The van der Waals surface area contributed by atoms with Crippen molar-refractivity contribution in [1.29, 1.82) is 0 Å². The van der Waals surface area contributed by atoms with E-state index in [0.717, 1.165) is 25.2 Å². The minimum atomic E-state index is 0.113. The number of benzene rings is 1. The van der Waals surface area contributed by atoms with E-state index in [2.05, 4.69) is 5.32 Å². The zero-order chi connectivity index (χ0) is 13.4. The normalized spacial score (nSPS) is 26.3. The van der Waals surface area contributed by atoms with Gasteiger partial charge in [-0.3, -0.25) is 4.79 Å². The first-order valence-corrected chi connectivity index (χ1v) is 7.31. The van der Waals surface area contributed by atoms with E-state index in [1.54, 1.807) is 6.07 Å². The maximum atomic E-state index is 12.5. The molecule has 1 aromatic carbocycles. The van der Waals surface area contributed by atoms with Crippen LogP contribution in [-0.4, -0.2) is 36.5 Å². The first-order valence-electron chi connectivity index (χ1n) is 6.93. The first kappa shape index (κ1) is 12.9. The fraction of sp³-hybridized carbons (Fsp3) is 0.533. The van der Waals surface area contributed by atoms with Crippen molar-refractivity contribution in [1.82, 2.24) is 10.2 Å². The monoisotopic (exact) mass is 278 g/mol. The van der Waals surface area contributed by atoms with Crippen LogP contribution in [-0.2, 0) is 0 Å². The molecule has 2 fully saturated rings. The van der Waals surface area contributed by atoms with Crippen molar-refractivity contribution in [2.45, 2.75) is 25.8 Å². The highest BCUT2D eigenvalue weighted by Crippen LogP contribution is 2.26. The topological polar surface area (TPSA) is 32.3 Å². The van der Waals surface area contributed by atoms with E-state index in [1.165, 1.54) is 12.8 Å². The van der Waals surface area contributed by atoms with Crippen molar-refractivity contribution in [3.8, 4) is 0 Å². The Morgan fingerprint density at radius 3 is 2.95 bits per heavy atom. The second-order valence-corrected chi connectivity index (χ2v) is 6.13. The first-order chi connectivity index (χ1) is 9.13. The Kier molecular flexibility index (Phi) is 3.50. The van der Waals surface area contributed by atoms with Gasteiger partial charge in [-0.05, 0) is 56.0 Å². The van der Waals surface area contributed by atoms with Crippen molar-refractivity contribution >= 4 is 17.5 Å². The molecule has 0 aliphatic carbocycles. The van der Waals surface area contributed by atoms with Crippen LogP contribution in [0.25, 0.3) is 0 Å². The molecule has 1 amide bonds. The summed E-state index contributed by atoms with van der Waals surface area (Å²) in [6.45, 7) is 4.75. The van der Waals surface area contributed by atoms with E-state index >= 15 is 0 Å². The van der Waals surface area contributed by atoms with E-state index in [-0.39, 0.29) is 5.91 Å². The lowest BCUT2D eigenvalue weighted by atomic mass is 9.94. The van der Waals surface area contributed by atoms with Gasteiger partial charge in [0, 0.05) is 29.7 Å². The minimum Gasteiger partial charge on any atom is -0.337 e. The molecule has 0 spiro atoms. The summed E-state index contributed by atoms with van der Waals surface area (Å²) in [6, 6.07) is 6.05. The molecule has 0 saturated carbocycles. The van der Waals surface area contributed by atoms with Gasteiger partial charge in [-0.2, -0.15) is 0 Å². The quantitative estimate of drug-likeness (QED) is 0.856. The van der Waals surface area contributed by atoms with Gasteiger partial charge < -0.3 is 10.2 Å².